The molecule has 1 aliphatic heterocycles. The van der Waals surface area contributed by atoms with E-state index in [-0.39, 0.29) is 5.54 Å². The Balaban J connectivity index is 0.000000177. The minimum absolute atomic E-state index is 0.0959. The number of benzene rings is 2. The van der Waals surface area contributed by atoms with Crippen molar-refractivity contribution in [2.75, 3.05) is 13.1 Å². The van der Waals surface area contributed by atoms with Crippen LogP contribution in [-0.4, -0.2) is 18.6 Å². The Labute approximate surface area is 151 Å². The predicted molar refractivity (Wildman–Crippen MR) is 105 cm³/mol. The molecule has 1 heterocycles. The van der Waals surface area contributed by atoms with Crippen LogP contribution in [0.1, 0.15) is 43.4 Å². The van der Waals surface area contributed by atoms with Crippen LogP contribution >= 0.6 is 11.6 Å². The standard InChI is InChI=1S/C11H14ClN.C10H15N/c1-8-7-13-5-4-9-2-3-10(12)6-11(8)9;1-10(2,11)8-9-6-4-3-5-7-9/h2-3,6,8,13H,4-5,7H2,1H3;3-7H,8,11H2,1-2H3/t8-;/m0./s1. The van der Waals surface area contributed by atoms with Crippen LogP contribution in [-0.2, 0) is 12.8 Å². The molecule has 0 bridgehead atoms. The molecule has 0 aromatic heterocycles. The Morgan fingerprint density at radius 3 is 2.54 bits per heavy atom. The highest BCUT2D eigenvalue weighted by Crippen LogP contribution is 2.25. The van der Waals surface area contributed by atoms with E-state index in [9.17, 15) is 0 Å². The maximum absolute atomic E-state index is 5.97. The van der Waals surface area contributed by atoms with Gasteiger partial charge in [-0.1, -0.05) is 54.9 Å². The second kappa shape index (κ2) is 8.66. The molecule has 0 saturated heterocycles. The first kappa shape index (κ1) is 19.0. The molecule has 1 atom stereocenters. The van der Waals surface area contributed by atoms with E-state index in [1.807, 2.05) is 38.1 Å². The van der Waals surface area contributed by atoms with E-state index in [1.165, 1.54) is 16.7 Å². The average Bonchev–Trinajstić information content (AvgIpc) is 2.69. The Hall–Kier alpha value is -1.35. The quantitative estimate of drug-likeness (QED) is 0.838. The fourth-order valence-corrected chi connectivity index (χ4v) is 3.21. The van der Waals surface area contributed by atoms with Gasteiger partial charge in [0.2, 0.25) is 0 Å². The molecule has 0 amide bonds. The molecule has 3 heteroatoms. The first-order valence-corrected chi connectivity index (χ1v) is 9.05. The highest BCUT2D eigenvalue weighted by Gasteiger charge is 2.14. The van der Waals surface area contributed by atoms with Crippen LogP contribution in [0.4, 0.5) is 0 Å². The number of fused-ring (bicyclic) bond motifs is 1. The van der Waals surface area contributed by atoms with Crippen molar-refractivity contribution in [2.45, 2.75) is 45.1 Å². The van der Waals surface area contributed by atoms with Gasteiger partial charge in [-0.2, -0.15) is 0 Å². The summed E-state index contributed by atoms with van der Waals surface area (Å²) in [6, 6.07) is 16.6. The van der Waals surface area contributed by atoms with Crippen molar-refractivity contribution in [1.29, 1.82) is 0 Å². The third kappa shape index (κ3) is 6.27. The van der Waals surface area contributed by atoms with Gasteiger partial charge in [-0.3, -0.25) is 0 Å². The van der Waals surface area contributed by atoms with Crippen LogP contribution in [0.5, 0.6) is 0 Å². The smallest absolute Gasteiger partial charge is 0.0409 e. The number of halogens is 1. The van der Waals surface area contributed by atoms with E-state index >= 15 is 0 Å². The molecule has 1 aliphatic rings. The van der Waals surface area contributed by atoms with Gasteiger partial charge in [0.05, 0.1) is 0 Å². The first-order valence-electron chi connectivity index (χ1n) is 8.67. The largest absolute Gasteiger partial charge is 0.325 e. The Morgan fingerprint density at radius 2 is 1.88 bits per heavy atom. The molecule has 3 rings (SSSR count). The zero-order chi connectivity index (χ0) is 17.6. The Kier molecular flexibility index (Phi) is 6.85. The van der Waals surface area contributed by atoms with Gasteiger partial charge < -0.3 is 11.1 Å². The lowest BCUT2D eigenvalue weighted by Gasteiger charge is -2.17. The first-order chi connectivity index (χ1) is 11.3. The van der Waals surface area contributed by atoms with Gasteiger partial charge in [-0.15, -0.1) is 0 Å². The molecule has 0 unspecified atom stereocenters. The third-order valence-corrected chi connectivity index (χ3v) is 4.40. The van der Waals surface area contributed by atoms with Crippen molar-refractivity contribution >= 4 is 11.6 Å². The van der Waals surface area contributed by atoms with Gasteiger partial charge in [-0.05, 0) is 68.0 Å². The van der Waals surface area contributed by atoms with Crippen LogP contribution in [0.15, 0.2) is 48.5 Å². The molecular formula is C21H29ClN2. The van der Waals surface area contributed by atoms with Gasteiger partial charge in [0.1, 0.15) is 0 Å². The van der Waals surface area contributed by atoms with E-state index in [2.05, 4.69) is 36.5 Å². The van der Waals surface area contributed by atoms with Gasteiger partial charge in [0, 0.05) is 17.1 Å². The summed E-state index contributed by atoms with van der Waals surface area (Å²) >= 11 is 5.97. The summed E-state index contributed by atoms with van der Waals surface area (Å²) in [5.41, 5.74) is 9.94. The Morgan fingerprint density at radius 1 is 1.17 bits per heavy atom. The van der Waals surface area contributed by atoms with Crippen molar-refractivity contribution in [3.8, 4) is 0 Å². The molecule has 3 N–H and O–H groups in total. The summed E-state index contributed by atoms with van der Waals surface area (Å²) < 4.78 is 0. The summed E-state index contributed by atoms with van der Waals surface area (Å²) in [6.07, 6.45) is 2.06. The fraction of sp³-hybridized carbons (Fsp3) is 0.429. The molecule has 24 heavy (non-hydrogen) atoms. The fourth-order valence-electron chi connectivity index (χ4n) is 3.03. The van der Waals surface area contributed by atoms with Crippen molar-refractivity contribution in [1.82, 2.24) is 5.32 Å². The number of nitrogens with two attached hydrogens (primary N) is 1. The molecule has 0 fully saturated rings. The van der Waals surface area contributed by atoms with E-state index in [0.717, 1.165) is 31.0 Å². The van der Waals surface area contributed by atoms with Gasteiger partial charge >= 0.3 is 0 Å². The average molecular weight is 345 g/mol. The summed E-state index contributed by atoms with van der Waals surface area (Å²) in [6.45, 7) is 8.47. The molecule has 2 aromatic carbocycles. The van der Waals surface area contributed by atoms with Crippen molar-refractivity contribution in [2.24, 2.45) is 5.73 Å². The minimum atomic E-state index is -0.0959. The molecule has 0 aliphatic carbocycles. The lowest BCUT2D eigenvalue weighted by Crippen LogP contribution is -2.34. The Bertz CT molecular complexity index is 632. The van der Waals surface area contributed by atoms with Gasteiger partial charge in [0.25, 0.3) is 0 Å². The number of hydrogen-bond acceptors (Lipinski definition) is 2. The summed E-state index contributed by atoms with van der Waals surface area (Å²) in [5, 5.41) is 4.27. The van der Waals surface area contributed by atoms with E-state index in [1.54, 1.807) is 0 Å². The maximum Gasteiger partial charge on any atom is 0.0409 e. The molecule has 2 aromatic rings. The van der Waals surface area contributed by atoms with Crippen LogP contribution in [0.2, 0.25) is 5.02 Å². The third-order valence-electron chi connectivity index (χ3n) is 4.16. The monoisotopic (exact) mass is 344 g/mol. The van der Waals surface area contributed by atoms with Crippen molar-refractivity contribution in [3.63, 3.8) is 0 Å². The number of nitrogens with one attached hydrogen (secondary N) is 1. The zero-order valence-electron chi connectivity index (χ0n) is 15.0. The second-order valence-electron chi connectivity index (χ2n) is 7.35. The molecule has 0 spiro atoms. The predicted octanol–water partition coefficient (Wildman–Crippen LogP) is 4.56. The van der Waals surface area contributed by atoms with Gasteiger partial charge in [-0.25, -0.2) is 0 Å². The number of rotatable bonds is 2. The zero-order valence-corrected chi connectivity index (χ0v) is 15.7. The topological polar surface area (TPSA) is 38.0 Å². The molecule has 130 valence electrons. The van der Waals surface area contributed by atoms with Crippen LogP contribution in [0, 0.1) is 0 Å². The molecule has 0 radical (unpaired) electrons. The molecular weight excluding hydrogens is 316 g/mol. The summed E-state index contributed by atoms with van der Waals surface area (Å²) in [7, 11) is 0. The normalized spacial score (nSPS) is 17.3. The van der Waals surface area contributed by atoms with Crippen molar-refractivity contribution < 1.29 is 0 Å². The van der Waals surface area contributed by atoms with Crippen LogP contribution in [0.25, 0.3) is 0 Å². The summed E-state index contributed by atoms with van der Waals surface area (Å²) in [4.78, 5) is 0. The lowest BCUT2D eigenvalue weighted by molar-refractivity contribution is 0.517. The second-order valence-corrected chi connectivity index (χ2v) is 7.79. The highest BCUT2D eigenvalue weighted by atomic mass is 35.5. The van der Waals surface area contributed by atoms with E-state index in [0.29, 0.717) is 5.92 Å². The van der Waals surface area contributed by atoms with Crippen molar-refractivity contribution in [3.05, 3.63) is 70.2 Å². The maximum atomic E-state index is 5.97. The number of hydrogen-bond donors (Lipinski definition) is 2. The molecule has 2 nitrogen and oxygen atoms in total. The van der Waals surface area contributed by atoms with E-state index < -0.39 is 0 Å². The molecule has 0 saturated carbocycles. The summed E-state index contributed by atoms with van der Waals surface area (Å²) in [5.74, 6) is 0.580. The SMILES string of the molecule is CC(C)(N)Cc1ccccc1.C[C@H]1CNCCc2ccc(Cl)cc21. The minimum Gasteiger partial charge on any atom is -0.325 e. The lowest BCUT2D eigenvalue weighted by atomic mass is 9.96. The highest BCUT2D eigenvalue weighted by molar-refractivity contribution is 6.30. The van der Waals surface area contributed by atoms with Gasteiger partial charge in [0.15, 0.2) is 0 Å². The van der Waals surface area contributed by atoms with E-state index in [4.69, 9.17) is 17.3 Å². The van der Waals surface area contributed by atoms with Crippen LogP contribution < -0.4 is 11.1 Å². The van der Waals surface area contributed by atoms with Crippen LogP contribution in [0.3, 0.4) is 0 Å².